The highest BCUT2D eigenvalue weighted by Crippen LogP contribution is 2.51. The molecule has 0 unspecified atom stereocenters. The number of hydrogen-bond acceptors (Lipinski definition) is 6. The number of aliphatic hydroxyl groups is 1. The smallest absolute Gasteiger partial charge is 0.352 e. The van der Waals surface area contributed by atoms with Crippen molar-refractivity contribution in [2.45, 2.75) is 44.1 Å². The number of β-lactam (4-membered cyclic amide) rings is 1. The molecule has 0 saturated carbocycles. The first-order chi connectivity index (χ1) is 19.7. The van der Waals surface area contributed by atoms with E-state index in [-0.39, 0.29) is 57.5 Å². The maximum atomic E-state index is 12.8. The predicted molar refractivity (Wildman–Crippen MR) is 157 cm³/mol. The van der Waals surface area contributed by atoms with Gasteiger partial charge in [0.1, 0.15) is 37.4 Å². The minimum Gasteiger partial charge on any atom is -1.00 e. The molecule has 6 heterocycles. The van der Waals surface area contributed by atoms with E-state index >= 15 is 0 Å². The largest absolute Gasteiger partial charge is 1.00 e. The molecule has 7 rings (SSSR count). The molecule has 9 nitrogen and oxygen atoms in total. The number of imidazole rings is 2. The maximum absolute atomic E-state index is 12.8. The second kappa shape index (κ2) is 12.1. The summed E-state index contributed by atoms with van der Waals surface area (Å²) in [4.78, 5) is 29.5. The van der Waals surface area contributed by atoms with E-state index in [4.69, 9.17) is 0 Å². The molecule has 0 spiro atoms. The summed E-state index contributed by atoms with van der Waals surface area (Å²) >= 11 is 4.93. The Labute approximate surface area is 281 Å². The molecule has 2 N–H and O–H groups in total. The first-order valence-corrected chi connectivity index (χ1v) is 16.3. The molecular formula is C29H29Br2N5O4S3. The normalized spacial score (nSPS) is 20.2. The van der Waals surface area contributed by atoms with Crippen LogP contribution < -0.4 is 43.1 Å². The average molecular weight is 768 g/mol. The summed E-state index contributed by atoms with van der Waals surface area (Å²) in [5.41, 5.74) is 3.15. The third-order valence-corrected chi connectivity index (χ3v) is 11.1. The predicted octanol–water partition coefficient (Wildman–Crippen LogP) is -2.63. The van der Waals surface area contributed by atoms with Crippen molar-refractivity contribution in [2.75, 3.05) is 6.26 Å². The van der Waals surface area contributed by atoms with Crippen LogP contribution in [0.15, 0.2) is 71.6 Å². The fourth-order valence-electron chi connectivity index (χ4n) is 6.34. The number of rotatable bonds is 8. The molecule has 4 aromatic heterocycles. The van der Waals surface area contributed by atoms with Crippen LogP contribution in [0.2, 0.25) is 0 Å². The third kappa shape index (κ3) is 5.19. The van der Waals surface area contributed by atoms with Gasteiger partial charge in [-0.05, 0) is 24.3 Å². The number of fused-ring (bicyclic) bond motifs is 3. The van der Waals surface area contributed by atoms with Gasteiger partial charge >= 0.3 is 5.97 Å². The Hall–Kier alpha value is -2.49. The van der Waals surface area contributed by atoms with Crippen molar-refractivity contribution in [2.24, 2.45) is 11.8 Å². The minimum atomic E-state index is -1.11. The SMILES string of the molecule is CSc1c2sc(C3=C(C(=O)O)N4C(=O)[C@H]([C@@H](C)O)[C@H]4[C@H]3C)cn2c[n+]1Cc1ccc(C[n+]2cc3sccn3c2)cc1.[Br-].[Br-]. The second-order valence-corrected chi connectivity index (χ2v) is 13.5. The van der Waals surface area contributed by atoms with Crippen molar-refractivity contribution >= 4 is 61.5 Å². The van der Waals surface area contributed by atoms with Crippen LogP contribution in [0, 0.1) is 11.8 Å². The maximum Gasteiger partial charge on any atom is 0.352 e. The van der Waals surface area contributed by atoms with Crippen molar-refractivity contribution in [3.05, 3.63) is 82.6 Å². The highest BCUT2D eigenvalue weighted by Gasteiger charge is 2.60. The van der Waals surface area contributed by atoms with Gasteiger partial charge in [0.25, 0.3) is 6.33 Å². The van der Waals surface area contributed by atoms with Crippen LogP contribution in [0.25, 0.3) is 15.2 Å². The molecule has 4 atom stereocenters. The Bertz CT molecular complexity index is 1840. The van der Waals surface area contributed by atoms with Crippen LogP contribution in [0.3, 0.4) is 0 Å². The van der Waals surface area contributed by atoms with Crippen LogP contribution in [0.5, 0.6) is 0 Å². The van der Waals surface area contributed by atoms with E-state index in [2.05, 4.69) is 72.6 Å². The zero-order valence-corrected chi connectivity index (χ0v) is 29.0. The molecule has 0 bridgehead atoms. The van der Waals surface area contributed by atoms with Gasteiger partial charge in [0.15, 0.2) is 0 Å². The lowest BCUT2D eigenvalue weighted by Crippen LogP contribution is -3.00. The van der Waals surface area contributed by atoms with E-state index in [0.29, 0.717) is 5.57 Å². The molecule has 0 aliphatic carbocycles. The van der Waals surface area contributed by atoms with Crippen molar-refractivity contribution in [3.8, 4) is 0 Å². The van der Waals surface area contributed by atoms with Crippen molar-refractivity contribution in [1.29, 1.82) is 0 Å². The lowest BCUT2D eigenvalue weighted by atomic mass is 9.77. The number of thiazole rings is 2. The molecule has 1 fully saturated rings. The minimum absolute atomic E-state index is 0. The molecule has 43 heavy (non-hydrogen) atoms. The molecule has 226 valence electrons. The highest BCUT2D eigenvalue weighted by molar-refractivity contribution is 7.98. The number of nitrogens with zero attached hydrogens (tertiary/aromatic N) is 5. The monoisotopic (exact) mass is 765 g/mol. The number of aliphatic hydroxyl groups excluding tert-OH is 1. The summed E-state index contributed by atoms with van der Waals surface area (Å²) in [6.07, 6.45) is 11.6. The molecule has 0 radical (unpaired) electrons. The van der Waals surface area contributed by atoms with Gasteiger partial charge in [-0.25, -0.2) is 13.9 Å². The molecule has 14 heteroatoms. The number of carbonyl (C=O) groups excluding carboxylic acids is 1. The number of hydrogen-bond donors (Lipinski definition) is 2. The van der Waals surface area contributed by atoms with E-state index < -0.39 is 18.0 Å². The number of thioether (sulfide) groups is 1. The average Bonchev–Trinajstić information content (AvgIpc) is 3.71. The van der Waals surface area contributed by atoms with E-state index in [1.165, 1.54) is 20.9 Å². The van der Waals surface area contributed by atoms with Gasteiger partial charge in [0.05, 0.1) is 22.9 Å². The highest BCUT2D eigenvalue weighted by atomic mass is 79.9. The van der Waals surface area contributed by atoms with E-state index in [9.17, 15) is 19.8 Å². The zero-order valence-electron chi connectivity index (χ0n) is 23.4. The van der Waals surface area contributed by atoms with E-state index in [0.717, 1.165) is 27.8 Å². The quantitative estimate of drug-likeness (QED) is 0.103. The number of carboxylic acids is 1. The number of aromatic nitrogens is 4. The number of benzene rings is 1. The first kappa shape index (κ1) is 31.9. The lowest BCUT2D eigenvalue weighted by molar-refractivity contribution is -0.721. The standard InChI is InChI=1S/C29H28N5O4S3.2BrH/c1-16-22(25(29(37)38)34-24(16)23(17(2)35)26(34)36)20-12-33-15-32(27(39-3)28(33)41-20)11-19-6-4-18(5-7-19)10-30-13-21-31(14-30)8-9-40-21;;/h4-9,12-17,23-24,35H,10-11H2,1-3H3;2*1H/q+1;;/p-1/t16-,17+,23+,24+;;/m0../s1. The number of carboxylic acid groups (broad SMARTS) is 1. The molecular weight excluding hydrogens is 738 g/mol. The van der Waals surface area contributed by atoms with Gasteiger partial charge in [-0.3, -0.25) is 4.79 Å². The van der Waals surface area contributed by atoms with Gasteiger partial charge < -0.3 is 49.1 Å². The van der Waals surface area contributed by atoms with E-state index in [1.807, 2.05) is 19.4 Å². The van der Waals surface area contributed by atoms with Gasteiger partial charge in [-0.2, -0.15) is 8.80 Å². The Balaban J connectivity index is 0.00000184. The van der Waals surface area contributed by atoms with Crippen LogP contribution in [-0.4, -0.2) is 54.2 Å². The summed E-state index contributed by atoms with van der Waals surface area (Å²) < 4.78 is 8.60. The number of amides is 1. The van der Waals surface area contributed by atoms with Gasteiger partial charge in [-0.15, -0.1) is 0 Å². The molecule has 2 aliphatic heterocycles. The number of aliphatic carboxylic acids is 1. The van der Waals surface area contributed by atoms with Crippen molar-refractivity contribution < 1.29 is 62.9 Å². The van der Waals surface area contributed by atoms with Crippen LogP contribution in [-0.2, 0) is 22.7 Å². The molecule has 1 aromatic carbocycles. The number of carbonyl (C=O) groups is 2. The lowest BCUT2D eigenvalue weighted by Gasteiger charge is -2.46. The first-order valence-electron chi connectivity index (χ1n) is 13.3. The van der Waals surface area contributed by atoms with Gasteiger partial charge in [0, 0.05) is 16.9 Å². The topological polar surface area (TPSA) is 94.4 Å². The second-order valence-electron chi connectivity index (χ2n) is 10.8. The van der Waals surface area contributed by atoms with Crippen molar-refractivity contribution in [3.63, 3.8) is 0 Å². The Morgan fingerprint density at radius 1 is 1.12 bits per heavy atom. The van der Waals surface area contributed by atoms with E-state index in [1.54, 1.807) is 41.4 Å². The molecule has 1 amide bonds. The Morgan fingerprint density at radius 3 is 2.44 bits per heavy atom. The fraction of sp³-hybridized carbons (Fsp3) is 0.310. The van der Waals surface area contributed by atoms with Crippen LogP contribution in [0.4, 0.5) is 0 Å². The van der Waals surface area contributed by atoms with Gasteiger partial charge in [-0.1, -0.05) is 65.6 Å². The van der Waals surface area contributed by atoms with Crippen molar-refractivity contribution in [1.82, 2.24) is 13.7 Å². The molecule has 5 aromatic rings. The summed E-state index contributed by atoms with van der Waals surface area (Å²) in [7, 11) is 0. The summed E-state index contributed by atoms with van der Waals surface area (Å²) in [6.45, 7) is 5.09. The fourth-order valence-corrected chi connectivity index (χ4v) is 9.28. The van der Waals surface area contributed by atoms with Crippen LogP contribution in [0.1, 0.15) is 29.9 Å². The number of halogens is 2. The Morgan fingerprint density at radius 2 is 1.81 bits per heavy atom. The summed E-state index contributed by atoms with van der Waals surface area (Å²) in [5, 5.41) is 23.4. The summed E-state index contributed by atoms with van der Waals surface area (Å²) in [6, 6.07) is 8.37. The Kier molecular flexibility index (Phi) is 9.00. The zero-order chi connectivity index (χ0) is 28.6. The molecule has 1 saturated heterocycles. The van der Waals surface area contributed by atoms with Gasteiger partial charge in [0.2, 0.25) is 26.9 Å². The summed E-state index contributed by atoms with van der Waals surface area (Å²) in [5.74, 6) is -2.18. The molecule has 2 aliphatic rings. The van der Waals surface area contributed by atoms with Crippen LogP contribution >= 0.6 is 34.4 Å². The third-order valence-electron chi connectivity index (χ3n) is 8.19.